The molecule has 0 aromatic heterocycles. The number of likely N-dealkylation sites (tertiary alicyclic amines) is 1. The maximum atomic E-state index is 13.1. The fraction of sp³-hybridized carbons (Fsp3) is 0.842. The van der Waals surface area contributed by atoms with Crippen LogP contribution in [-0.4, -0.2) is 64.0 Å². The van der Waals surface area contributed by atoms with E-state index in [4.69, 9.17) is 4.74 Å². The Labute approximate surface area is 156 Å². The lowest BCUT2D eigenvalue weighted by molar-refractivity contribution is -0.155. The monoisotopic (exact) mass is 367 g/mol. The first-order chi connectivity index (χ1) is 12.0. The average molecular weight is 367 g/mol. The molecular weight excluding hydrogens is 334 g/mol. The molecule has 148 valence electrons. The molecule has 1 spiro atoms. The summed E-state index contributed by atoms with van der Waals surface area (Å²) in [6, 6.07) is -0.297. The number of imide groups is 1. The first-order valence-corrected chi connectivity index (χ1v) is 9.56. The molecule has 0 aromatic carbocycles. The van der Waals surface area contributed by atoms with E-state index in [-0.39, 0.29) is 24.5 Å². The van der Waals surface area contributed by atoms with Crippen molar-refractivity contribution < 1.29 is 19.1 Å². The van der Waals surface area contributed by atoms with Gasteiger partial charge in [0.2, 0.25) is 0 Å². The van der Waals surface area contributed by atoms with Crippen LogP contribution in [-0.2, 0) is 14.3 Å². The number of hydrogen-bond donors (Lipinski definition) is 1. The van der Waals surface area contributed by atoms with Gasteiger partial charge in [0.15, 0.2) is 0 Å². The summed E-state index contributed by atoms with van der Waals surface area (Å²) in [5.41, 5.74) is -1.79. The Kier molecular flexibility index (Phi) is 5.71. The number of carbonyl (C=O) groups excluding carboxylic acids is 3. The van der Waals surface area contributed by atoms with E-state index >= 15 is 0 Å². The van der Waals surface area contributed by atoms with Gasteiger partial charge in [-0.1, -0.05) is 13.3 Å². The topological polar surface area (TPSA) is 79.0 Å². The third-order valence-electron chi connectivity index (χ3n) is 5.50. The van der Waals surface area contributed by atoms with Gasteiger partial charge >= 0.3 is 12.0 Å². The number of nitrogens with one attached hydrogen (secondary N) is 1. The van der Waals surface area contributed by atoms with Gasteiger partial charge in [-0.05, 0) is 53.9 Å². The SMILES string of the molecule is CCCCN1C(=O)NC2(CC(C)(C)N(CC(=O)OCC)C(C)(C)C2)C1=O. The summed E-state index contributed by atoms with van der Waals surface area (Å²) in [5.74, 6) is -0.399. The number of ether oxygens (including phenoxy) is 1. The van der Waals surface area contributed by atoms with Crippen LogP contribution in [0.5, 0.6) is 0 Å². The highest BCUT2D eigenvalue weighted by atomic mass is 16.5. The highest BCUT2D eigenvalue weighted by Gasteiger charge is 2.61. The summed E-state index contributed by atoms with van der Waals surface area (Å²) in [4.78, 5) is 41.1. The Morgan fingerprint density at radius 2 is 1.69 bits per heavy atom. The molecule has 1 N–H and O–H groups in total. The lowest BCUT2D eigenvalue weighted by atomic mass is 9.69. The minimum atomic E-state index is -0.900. The van der Waals surface area contributed by atoms with E-state index in [0.29, 0.717) is 26.0 Å². The van der Waals surface area contributed by atoms with Crippen molar-refractivity contribution in [3.8, 4) is 0 Å². The molecule has 3 amide bonds. The number of carbonyl (C=O) groups is 3. The lowest BCUT2D eigenvalue weighted by Crippen LogP contribution is -2.70. The van der Waals surface area contributed by atoms with Crippen molar-refractivity contribution in [2.75, 3.05) is 19.7 Å². The molecule has 0 saturated carbocycles. The first kappa shape index (κ1) is 20.7. The number of piperidine rings is 1. The van der Waals surface area contributed by atoms with Crippen molar-refractivity contribution >= 4 is 17.9 Å². The minimum Gasteiger partial charge on any atom is -0.465 e. The standard InChI is InChI=1S/C19H33N3O4/c1-7-9-10-21-15(24)19(20-16(21)25)12-17(3,4)22(18(5,6)13-19)11-14(23)26-8-2/h7-13H2,1-6H3,(H,20,25). The number of nitrogens with zero attached hydrogens (tertiary/aromatic N) is 2. The van der Waals surface area contributed by atoms with Crippen LogP contribution in [0.2, 0.25) is 0 Å². The Balaban J connectivity index is 2.27. The number of amides is 3. The van der Waals surface area contributed by atoms with Gasteiger partial charge in [-0.15, -0.1) is 0 Å². The Morgan fingerprint density at radius 1 is 1.12 bits per heavy atom. The van der Waals surface area contributed by atoms with Gasteiger partial charge in [-0.25, -0.2) is 4.79 Å². The molecule has 2 aliphatic heterocycles. The molecule has 2 heterocycles. The molecule has 0 atom stereocenters. The van der Waals surface area contributed by atoms with E-state index in [9.17, 15) is 14.4 Å². The van der Waals surface area contributed by atoms with Gasteiger partial charge in [0.05, 0.1) is 13.2 Å². The second-order valence-electron chi connectivity index (χ2n) is 8.69. The summed E-state index contributed by atoms with van der Waals surface area (Å²) in [6.07, 6.45) is 2.66. The van der Waals surface area contributed by atoms with E-state index < -0.39 is 16.6 Å². The van der Waals surface area contributed by atoms with E-state index in [1.807, 2.05) is 34.6 Å². The summed E-state index contributed by atoms with van der Waals surface area (Å²) in [5, 5.41) is 2.98. The molecule has 2 aliphatic rings. The first-order valence-electron chi connectivity index (χ1n) is 9.56. The lowest BCUT2D eigenvalue weighted by Gasteiger charge is -2.57. The molecule has 2 saturated heterocycles. The zero-order chi connectivity index (χ0) is 19.8. The summed E-state index contributed by atoms with van der Waals surface area (Å²) >= 11 is 0. The number of esters is 1. The van der Waals surface area contributed by atoms with E-state index in [0.717, 1.165) is 12.8 Å². The van der Waals surface area contributed by atoms with E-state index in [2.05, 4.69) is 10.2 Å². The van der Waals surface area contributed by atoms with Crippen LogP contribution in [0, 0.1) is 0 Å². The maximum Gasteiger partial charge on any atom is 0.325 e. The Hall–Kier alpha value is -1.63. The highest BCUT2D eigenvalue weighted by Crippen LogP contribution is 2.45. The van der Waals surface area contributed by atoms with Crippen LogP contribution >= 0.6 is 0 Å². The average Bonchev–Trinajstić information content (AvgIpc) is 2.71. The van der Waals surface area contributed by atoms with Gasteiger partial charge in [-0.2, -0.15) is 0 Å². The smallest absolute Gasteiger partial charge is 0.325 e. The molecule has 0 bridgehead atoms. The normalized spacial score (nSPS) is 24.0. The van der Waals surface area contributed by atoms with Crippen LogP contribution in [0.25, 0.3) is 0 Å². The van der Waals surface area contributed by atoms with Crippen molar-refractivity contribution in [2.45, 2.75) is 83.8 Å². The summed E-state index contributed by atoms with van der Waals surface area (Å²) < 4.78 is 5.12. The number of unbranched alkanes of at least 4 members (excludes halogenated alkanes) is 1. The Bertz CT molecular complexity index is 567. The van der Waals surface area contributed by atoms with E-state index in [1.165, 1.54) is 4.90 Å². The predicted octanol–water partition coefficient (Wildman–Crippen LogP) is 2.29. The van der Waals surface area contributed by atoms with Crippen molar-refractivity contribution in [3.63, 3.8) is 0 Å². The molecule has 7 heteroatoms. The molecule has 0 radical (unpaired) electrons. The molecule has 0 unspecified atom stereocenters. The minimum absolute atomic E-state index is 0.132. The van der Waals surface area contributed by atoms with Crippen LogP contribution in [0.1, 0.15) is 67.2 Å². The number of hydrogen-bond acceptors (Lipinski definition) is 5. The van der Waals surface area contributed by atoms with Crippen LogP contribution in [0.15, 0.2) is 0 Å². The van der Waals surface area contributed by atoms with Gasteiger partial charge in [0.25, 0.3) is 5.91 Å². The third-order valence-corrected chi connectivity index (χ3v) is 5.50. The fourth-order valence-electron chi connectivity index (χ4n) is 4.75. The van der Waals surface area contributed by atoms with Gasteiger partial charge in [-0.3, -0.25) is 19.4 Å². The molecule has 0 aliphatic carbocycles. The Morgan fingerprint density at radius 3 is 2.19 bits per heavy atom. The van der Waals surface area contributed by atoms with Gasteiger partial charge < -0.3 is 10.1 Å². The second kappa shape index (κ2) is 7.18. The van der Waals surface area contributed by atoms with Crippen LogP contribution in [0.4, 0.5) is 4.79 Å². The second-order valence-corrected chi connectivity index (χ2v) is 8.69. The van der Waals surface area contributed by atoms with Gasteiger partial charge in [0.1, 0.15) is 5.54 Å². The van der Waals surface area contributed by atoms with E-state index in [1.54, 1.807) is 6.92 Å². The predicted molar refractivity (Wildman–Crippen MR) is 98.6 cm³/mol. The van der Waals surface area contributed by atoms with Gasteiger partial charge in [0, 0.05) is 17.6 Å². The molecule has 26 heavy (non-hydrogen) atoms. The fourth-order valence-corrected chi connectivity index (χ4v) is 4.75. The third kappa shape index (κ3) is 3.72. The molecule has 2 rings (SSSR count). The molecular formula is C19H33N3O4. The van der Waals surface area contributed by atoms with Crippen molar-refractivity contribution in [2.24, 2.45) is 0 Å². The summed E-state index contributed by atoms with van der Waals surface area (Å²) in [7, 11) is 0. The zero-order valence-electron chi connectivity index (χ0n) is 17.0. The molecule has 2 fully saturated rings. The van der Waals surface area contributed by atoms with Crippen molar-refractivity contribution in [1.29, 1.82) is 0 Å². The largest absolute Gasteiger partial charge is 0.465 e. The quantitative estimate of drug-likeness (QED) is 0.576. The van der Waals surface area contributed by atoms with Crippen molar-refractivity contribution in [3.05, 3.63) is 0 Å². The molecule has 7 nitrogen and oxygen atoms in total. The summed E-state index contributed by atoms with van der Waals surface area (Å²) in [6.45, 7) is 12.9. The van der Waals surface area contributed by atoms with Crippen molar-refractivity contribution in [1.82, 2.24) is 15.1 Å². The van der Waals surface area contributed by atoms with Crippen LogP contribution < -0.4 is 5.32 Å². The maximum absolute atomic E-state index is 13.1. The van der Waals surface area contributed by atoms with Crippen LogP contribution in [0.3, 0.4) is 0 Å². The number of rotatable bonds is 6. The highest BCUT2D eigenvalue weighted by molar-refractivity contribution is 6.07. The zero-order valence-corrected chi connectivity index (χ0v) is 17.0. The number of urea groups is 1. The molecule has 0 aromatic rings.